The Kier molecular flexibility index (Phi) is 7.04. The van der Waals surface area contributed by atoms with E-state index in [0.717, 1.165) is 31.5 Å². The Morgan fingerprint density at radius 1 is 1.33 bits per heavy atom. The van der Waals surface area contributed by atoms with E-state index in [1.165, 1.54) is 0 Å². The van der Waals surface area contributed by atoms with E-state index < -0.39 is 0 Å². The van der Waals surface area contributed by atoms with Gasteiger partial charge in [0.2, 0.25) is 5.91 Å². The first-order valence-electron chi connectivity index (χ1n) is 8.41. The van der Waals surface area contributed by atoms with Crippen molar-refractivity contribution in [3.8, 4) is 0 Å². The van der Waals surface area contributed by atoms with Gasteiger partial charge < -0.3 is 19.7 Å². The number of carbonyl (C=O) groups excluding carboxylic acids is 1. The molecular formula is C18H27ClN2O3. The summed E-state index contributed by atoms with van der Waals surface area (Å²) in [5, 5.41) is 3.34. The third-order valence-electron chi connectivity index (χ3n) is 4.96. The van der Waals surface area contributed by atoms with Crippen LogP contribution in [0.5, 0.6) is 0 Å². The van der Waals surface area contributed by atoms with Crippen molar-refractivity contribution < 1.29 is 14.3 Å². The van der Waals surface area contributed by atoms with Crippen LogP contribution in [0.1, 0.15) is 24.5 Å². The molecule has 0 radical (unpaired) electrons. The Balaban J connectivity index is 0.00000208. The Bertz CT molecular complexity index is 515. The molecule has 0 saturated carbocycles. The average Bonchev–Trinajstić information content (AvgIpc) is 2.63. The summed E-state index contributed by atoms with van der Waals surface area (Å²) in [4.78, 5) is 15.2. The maximum Gasteiger partial charge on any atom is 0.231 e. The fourth-order valence-corrected chi connectivity index (χ4v) is 3.64. The van der Waals surface area contributed by atoms with Gasteiger partial charge >= 0.3 is 0 Å². The van der Waals surface area contributed by atoms with Crippen LogP contribution in [-0.2, 0) is 14.3 Å². The molecule has 3 rings (SSSR count). The lowest BCUT2D eigenvalue weighted by molar-refractivity contribution is -0.155. The first-order valence-corrected chi connectivity index (χ1v) is 8.41. The molecule has 2 aliphatic rings. The number of piperidine rings is 1. The summed E-state index contributed by atoms with van der Waals surface area (Å²) < 4.78 is 11.3. The quantitative estimate of drug-likeness (QED) is 0.898. The summed E-state index contributed by atoms with van der Waals surface area (Å²) in [7, 11) is 1.68. The Morgan fingerprint density at radius 3 is 2.71 bits per heavy atom. The van der Waals surface area contributed by atoms with Crippen molar-refractivity contribution in [2.45, 2.75) is 18.9 Å². The van der Waals surface area contributed by atoms with Crippen molar-refractivity contribution in [1.82, 2.24) is 10.2 Å². The SMILES string of the molecule is COCC1(C(=O)N2CCOC(c3ccccc3)C2)CCNCC1.Cl. The highest BCUT2D eigenvalue weighted by atomic mass is 35.5. The van der Waals surface area contributed by atoms with E-state index in [1.54, 1.807) is 7.11 Å². The molecular weight excluding hydrogens is 328 g/mol. The first-order chi connectivity index (χ1) is 11.2. The smallest absolute Gasteiger partial charge is 0.231 e. The van der Waals surface area contributed by atoms with Crippen LogP contribution in [0.25, 0.3) is 0 Å². The largest absolute Gasteiger partial charge is 0.384 e. The molecule has 2 saturated heterocycles. The molecule has 1 N–H and O–H groups in total. The van der Waals surface area contributed by atoms with E-state index in [2.05, 4.69) is 17.4 Å². The second kappa shape index (κ2) is 8.81. The van der Waals surface area contributed by atoms with E-state index in [0.29, 0.717) is 26.3 Å². The summed E-state index contributed by atoms with van der Waals surface area (Å²) in [5.41, 5.74) is 0.759. The van der Waals surface area contributed by atoms with Crippen molar-refractivity contribution in [2.75, 3.05) is 46.5 Å². The van der Waals surface area contributed by atoms with Crippen LogP contribution in [0.2, 0.25) is 0 Å². The molecule has 2 fully saturated rings. The van der Waals surface area contributed by atoms with Crippen LogP contribution >= 0.6 is 12.4 Å². The molecule has 1 amide bonds. The third-order valence-corrected chi connectivity index (χ3v) is 4.96. The molecule has 1 aromatic carbocycles. The lowest BCUT2D eigenvalue weighted by Gasteiger charge is -2.42. The highest BCUT2D eigenvalue weighted by Gasteiger charge is 2.43. The van der Waals surface area contributed by atoms with Gasteiger partial charge in [-0.3, -0.25) is 4.79 Å². The lowest BCUT2D eigenvalue weighted by atomic mass is 9.78. The number of ether oxygens (including phenoxy) is 2. The summed E-state index contributed by atoms with van der Waals surface area (Å²) in [5.74, 6) is 0.227. The molecule has 2 aliphatic heterocycles. The van der Waals surface area contributed by atoms with E-state index in [9.17, 15) is 4.79 Å². The number of halogens is 1. The van der Waals surface area contributed by atoms with Gasteiger partial charge in [0.15, 0.2) is 0 Å². The van der Waals surface area contributed by atoms with E-state index >= 15 is 0 Å². The Labute approximate surface area is 150 Å². The standard InChI is InChI=1S/C18H26N2O3.ClH/c1-22-14-18(7-9-19-10-8-18)17(21)20-11-12-23-16(13-20)15-5-3-2-4-6-15;/h2-6,16,19H,7-14H2,1H3;1H. The molecule has 0 bridgehead atoms. The number of nitrogens with one attached hydrogen (secondary N) is 1. The Hall–Kier alpha value is -1.14. The maximum absolute atomic E-state index is 13.2. The van der Waals surface area contributed by atoms with Gasteiger partial charge in [-0.05, 0) is 31.5 Å². The minimum absolute atomic E-state index is 0. The third kappa shape index (κ3) is 4.09. The molecule has 24 heavy (non-hydrogen) atoms. The second-order valence-electron chi connectivity index (χ2n) is 6.48. The maximum atomic E-state index is 13.2. The number of hydrogen-bond acceptors (Lipinski definition) is 4. The monoisotopic (exact) mass is 354 g/mol. The molecule has 1 aromatic rings. The highest BCUT2D eigenvalue weighted by Crippen LogP contribution is 2.33. The molecule has 5 nitrogen and oxygen atoms in total. The Morgan fingerprint density at radius 2 is 2.04 bits per heavy atom. The number of carbonyl (C=O) groups is 1. The van der Waals surface area contributed by atoms with E-state index in [4.69, 9.17) is 9.47 Å². The number of nitrogens with zero attached hydrogens (tertiary/aromatic N) is 1. The molecule has 0 aromatic heterocycles. The first kappa shape index (κ1) is 19.2. The summed E-state index contributed by atoms with van der Waals surface area (Å²) >= 11 is 0. The number of morpholine rings is 1. The van der Waals surface area contributed by atoms with Gasteiger partial charge in [-0.15, -0.1) is 12.4 Å². The minimum atomic E-state index is -0.376. The van der Waals surface area contributed by atoms with Crippen LogP contribution in [0, 0.1) is 5.41 Å². The molecule has 1 atom stereocenters. The van der Waals surface area contributed by atoms with Gasteiger partial charge in [0.25, 0.3) is 0 Å². The zero-order chi connectivity index (χ0) is 16.1. The van der Waals surface area contributed by atoms with E-state index in [-0.39, 0.29) is 29.8 Å². The number of benzene rings is 1. The van der Waals surface area contributed by atoms with Crippen LogP contribution in [-0.4, -0.2) is 57.3 Å². The normalized spacial score (nSPS) is 23.4. The molecule has 2 heterocycles. The zero-order valence-corrected chi connectivity index (χ0v) is 15.0. The zero-order valence-electron chi connectivity index (χ0n) is 14.2. The predicted molar refractivity (Wildman–Crippen MR) is 95.4 cm³/mol. The van der Waals surface area contributed by atoms with Gasteiger partial charge in [-0.25, -0.2) is 0 Å². The molecule has 134 valence electrons. The number of methoxy groups -OCH3 is 1. The van der Waals surface area contributed by atoms with Crippen molar-refractivity contribution in [3.63, 3.8) is 0 Å². The van der Waals surface area contributed by atoms with Gasteiger partial charge in [-0.1, -0.05) is 30.3 Å². The van der Waals surface area contributed by atoms with E-state index in [1.807, 2.05) is 23.1 Å². The van der Waals surface area contributed by atoms with Gasteiger partial charge in [0.05, 0.1) is 25.2 Å². The van der Waals surface area contributed by atoms with Crippen molar-refractivity contribution in [1.29, 1.82) is 0 Å². The number of hydrogen-bond donors (Lipinski definition) is 1. The van der Waals surface area contributed by atoms with Crippen molar-refractivity contribution >= 4 is 18.3 Å². The summed E-state index contributed by atoms with van der Waals surface area (Å²) in [6.07, 6.45) is 1.65. The molecule has 0 aliphatic carbocycles. The van der Waals surface area contributed by atoms with Crippen LogP contribution < -0.4 is 5.32 Å². The fraction of sp³-hybridized carbons (Fsp3) is 0.611. The summed E-state index contributed by atoms with van der Waals surface area (Å²) in [6.45, 7) is 4.14. The average molecular weight is 355 g/mol. The topological polar surface area (TPSA) is 50.8 Å². The highest BCUT2D eigenvalue weighted by molar-refractivity contribution is 5.85. The second-order valence-corrected chi connectivity index (χ2v) is 6.48. The van der Waals surface area contributed by atoms with Crippen LogP contribution in [0.3, 0.4) is 0 Å². The summed E-state index contributed by atoms with van der Waals surface area (Å²) in [6, 6.07) is 10.2. The van der Waals surface area contributed by atoms with Crippen molar-refractivity contribution in [2.24, 2.45) is 5.41 Å². The minimum Gasteiger partial charge on any atom is -0.384 e. The number of amides is 1. The van der Waals surface area contributed by atoms with Crippen LogP contribution in [0.15, 0.2) is 30.3 Å². The van der Waals surface area contributed by atoms with Gasteiger partial charge in [-0.2, -0.15) is 0 Å². The van der Waals surface area contributed by atoms with Gasteiger partial charge in [0.1, 0.15) is 6.10 Å². The molecule has 1 unspecified atom stereocenters. The molecule has 0 spiro atoms. The lowest BCUT2D eigenvalue weighted by Crippen LogP contribution is -2.54. The molecule has 6 heteroatoms. The number of rotatable bonds is 4. The van der Waals surface area contributed by atoms with Gasteiger partial charge in [0, 0.05) is 13.7 Å². The van der Waals surface area contributed by atoms with Crippen LogP contribution in [0.4, 0.5) is 0 Å². The fourth-order valence-electron chi connectivity index (χ4n) is 3.64. The predicted octanol–water partition coefficient (Wildman–Crippen LogP) is 2.02. The van der Waals surface area contributed by atoms with Crippen molar-refractivity contribution in [3.05, 3.63) is 35.9 Å².